The molecule has 0 bridgehead atoms. The fraction of sp³-hybridized carbons (Fsp3) is 0.353. The van der Waals surface area contributed by atoms with Crippen molar-refractivity contribution in [2.45, 2.75) is 13.5 Å². The predicted molar refractivity (Wildman–Crippen MR) is 95.2 cm³/mol. The van der Waals surface area contributed by atoms with E-state index in [-0.39, 0.29) is 11.5 Å². The van der Waals surface area contributed by atoms with Gasteiger partial charge in [0.25, 0.3) is 0 Å². The maximum atomic E-state index is 14.7. The van der Waals surface area contributed by atoms with Crippen LogP contribution in [0, 0.1) is 12.7 Å². The molecule has 1 saturated heterocycles. The Balaban J connectivity index is 1.60. The first-order valence-corrected chi connectivity index (χ1v) is 8.41. The third-order valence-electron chi connectivity index (χ3n) is 4.23. The largest absolute Gasteiger partial charge is 0.465 e. The van der Waals surface area contributed by atoms with Gasteiger partial charge in [-0.3, -0.25) is 10.2 Å². The molecule has 2 heterocycles. The maximum Gasteiger partial charge on any atom is 0.407 e. The van der Waals surface area contributed by atoms with Crippen LogP contribution in [0.2, 0.25) is 0 Å². The zero-order valence-corrected chi connectivity index (χ0v) is 14.7. The molecule has 0 aliphatic carbocycles. The van der Waals surface area contributed by atoms with Crippen molar-refractivity contribution in [2.24, 2.45) is 0 Å². The topological polar surface area (TPSA) is 111 Å². The van der Waals surface area contributed by atoms with E-state index in [2.05, 4.69) is 15.8 Å². The molecular weight excluding hydrogens is 357 g/mol. The number of nitrogens with one attached hydrogen (secondary N) is 2. The van der Waals surface area contributed by atoms with E-state index in [0.29, 0.717) is 44.0 Å². The first-order chi connectivity index (χ1) is 12.9. The Labute approximate surface area is 154 Å². The Morgan fingerprint density at radius 1 is 1.26 bits per heavy atom. The summed E-state index contributed by atoms with van der Waals surface area (Å²) in [6.45, 7) is 3.84. The number of carbonyl (C=O) groups excluding carboxylic acids is 1. The standard InChI is InChI=1S/C17H20FN5O4/c1-11-9-14(21-27-11)20-16(24)19-13-4-2-3-12(15(13)18)10-22-5-7-23(8-6-22)17(25)26/h2-4,9H,5-8,10H2,1H3,(H,25,26)(H2,19,20,21,24). The van der Waals surface area contributed by atoms with E-state index in [1.165, 1.54) is 11.0 Å². The second kappa shape index (κ2) is 8.04. The van der Waals surface area contributed by atoms with Gasteiger partial charge in [0.15, 0.2) is 11.6 Å². The highest BCUT2D eigenvalue weighted by atomic mass is 19.1. The summed E-state index contributed by atoms with van der Waals surface area (Å²) in [6, 6.07) is 5.68. The highest BCUT2D eigenvalue weighted by Crippen LogP contribution is 2.20. The number of nitrogens with zero attached hydrogens (tertiary/aromatic N) is 3. The molecule has 3 N–H and O–H groups in total. The fourth-order valence-electron chi connectivity index (χ4n) is 2.83. The molecule has 10 heteroatoms. The quantitative estimate of drug-likeness (QED) is 0.755. The van der Waals surface area contributed by atoms with Gasteiger partial charge < -0.3 is 19.8 Å². The number of piperazine rings is 1. The number of benzene rings is 1. The van der Waals surface area contributed by atoms with E-state index in [4.69, 9.17) is 9.63 Å². The van der Waals surface area contributed by atoms with Crippen LogP contribution >= 0.6 is 0 Å². The molecule has 0 radical (unpaired) electrons. The van der Waals surface area contributed by atoms with Gasteiger partial charge in [-0.15, -0.1) is 0 Å². The molecule has 2 aromatic rings. The van der Waals surface area contributed by atoms with Crippen LogP contribution in [-0.2, 0) is 6.54 Å². The van der Waals surface area contributed by atoms with Crippen LogP contribution in [-0.4, -0.2) is 58.4 Å². The monoisotopic (exact) mass is 377 g/mol. The molecule has 0 atom stereocenters. The number of aromatic nitrogens is 1. The van der Waals surface area contributed by atoms with E-state index >= 15 is 0 Å². The van der Waals surface area contributed by atoms with Crippen LogP contribution in [0.15, 0.2) is 28.8 Å². The molecule has 1 fully saturated rings. The van der Waals surface area contributed by atoms with Gasteiger partial charge in [0.05, 0.1) is 5.69 Å². The Bertz CT molecular complexity index is 832. The van der Waals surface area contributed by atoms with Crippen molar-refractivity contribution in [3.63, 3.8) is 0 Å². The zero-order chi connectivity index (χ0) is 19.4. The van der Waals surface area contributed by atoms with E-state index in [9.17, 15) is 14.0 Å². The smallest absolute Gasteiger partial charge is 0.407 e. The van der Waals surface area contributed by atoms with Crippen molar-refractivity contribution >= 4 is 23.6 Å². The lowest BCUT2D eigenvalue weighted by molar-refractivity contribution is 0.102. The summed E-state index contributed by atoms with van der Waals surface area (Å²) in [5, 5.41) is 17.5. The number of aryl methyl sites for hydroxylation is 1. The molecule has 1 aliphatic rings. The van der Waals surface area contributed by atoms with Gasteiger partial charge in [0.2, 0.25) is 0 Å². The number of rotatable bonds is 4. The van der Waals surface area contributed by atoms with E-state index in [0.717, 1.165) is 0 Å². The molecule has 144 valence electrons. The van der Waals surface area contributed by atoms with Crippen LogP contribution in [0.5, 0.6) is 0 Å². The average molecular weight is 377 g/mol. The molecule has 1 aliphatic heterocycles. The van der Waals surface area contributed by atoms with E-state index in [1.807, 2.05) is 4.90 Å². The van der Waals surface area contributed by atoms with Gasteiger partial charge in [-0.25, -0.2) is 14.0 Å². The molecule has 0 spiro atoms. The first kappa shape index (κ1) is 18.6. The average Bonchev–Trinajstić information content (AvgIpc) is 3.03. The summed E-state index contributed by atoms with van der Waals surface area (Å²) < 4.78 is 19.6. The van der Waals surface area contributed by atoms with Gasteiger partial charge in [-0.05, 0) is 13.0 Å². The van der Waals surface area contributed by atoms with Gasteiger partial charge in [0.1, 0.15) is 5.76 Å². The van der Waals surface area contributed by atoms with Crippen LogP contribution in [0.25, 0.3) is 0 Å². The number of carbonyl (C=O) groups is 2. The minimum Gasteiger partial charge on any atom is -0.465 e. The van der Waals surface area contributed by atoms with Crippen molar-refractivity contribution in [1.29, 1.82) is 0 Å². The van der Waals surface area contributed by atoms with Gasteiger partial charge >= 0.3 is 12.1 Å². The normalized spacial score (nSPS) is 14.8. The summed E-state index contributed by atoms with van der Waals surface area (Å²) in [5.41, 5.74) is 0.475. The third kappa shape index (κ3) is 4.73. The fourth-order valence-corrected chi connectivity index (χ4v) is 2.83. The molecule has 1 aromatic heterocycles. The minimum absolute atomic E-state index is 0.0504. The van der Waals surface area contributed by atoms with Crippen LogP contribution < -0.4 is 10.6 Å². The van der Waals surface area contributed by atoms with E-state index < -0.39 is 17.9 Å². The summed E-state index contributed by atoms with van der Waals surface area (Å²) in [4.78, 5) is 26.3. The summed E-state index contributed by atoms with van der Waals surface area (Å²) in [6.07, 6.45) is -0.944. The second-order valence-corrected chi connectivity index (χ2v) is 6.23. The molecule has 9 nitrogen and oxygen atoms in total. The second-order valence-electron chi connectivity index (χ2n) is 6.23. The lowest BCUT2D eigenvalue weighted by Crippen LogP contribution is -2.47. The summed E-state index contributed by atoms with van der Waals surface area (Å²) >= 11 is 0. The predicted octanol–water partition coefficient (Wildman–Crippen LogP) is 2.56. The van der Waals surface area contributed by atoms with Crippen molar-refractivity contribution in [3.8, 4) is 0 Å². The Morgan fingerprint density at radius 2 is 2.00 bits per heavy atom. The van der Waals surface area contributed by atoms with Gasteiger partial charge in [-0.1, -0.05) is 17.3 Å². The molecule has 1 aromatic carbocycles. The molecule has 27 heavy (non-hydrogen) atoms. The molecule has 0 saturated carbocycles. The number of hydrogen-bond donors (Lipinski definition) is 3. The number of anilines is 2. The Hall–Kier alpha value is -3.14. The highest BCUT2D eigenvalue weighted by Gasteiger charge is 2.21. The summed E-state index contributed by atoms with van der Waals surface area (Å²) in [5.74, 6) is 0.254. The van der Waals surface area contributed by atoms with Crippen molar-refractivity contribution in [1.82, 2.24) is 15.0 Å². The van der Waals surface area contributed by atoms with Crippen LogP contribution in [0.3, 0.4) is 0 Å². The number of carboxylic acid groups (broad SMARTS) is 1. The first-order valence-electron chi connectivity index (χ1n) is 8.41. The van der Waals surface area contributed by atoms with Crippen molar-refractivity contribution in [2.75, 3.05) is 36.8 Å². The maximum absolute atomic E-state index is 14.7. The molecule has 3 rings (SSSR count). The van der Waals surface area contributed by atoms with Crippen molar-refractivity contribution in [3.05, 3.63) is 41.4 Å². The van der Waals surface area contributed by atoms with Gasteiger partial charge in [0, 0.05) is 44.4 Å². The number of urea groups is 1. The van der Waals surface area contributed by atoms with E-state index in [1.54, 1.807) is 25.1 Å². The Morgan fingerprint density at radius 3 is 2.63 bits per heavy atom. The number of amides is 3. The summed E-state index contributed by atoms with van der Waals surface area (Å²) in [7, 11) is 0. The highest BCUT2D eigenvalue weighted by molar-refractivity contribution is 5.99. The van der Waals surface area contributed by atoms with Crippen LogP contribution in [0.1, 0.15) is 11.3 Å². The third-order valence-corrected chi connectivity index (χ3v) is 4.23. The van der Waals surface area contributed by atoms with Crippen LogP contribution in [0.4, 0.5) is 25.5 Å². The minimum atomic E-state index is -0.944. The lowest BCUT2D eigenvalue weighted by atomic mass is 10.1. The van der Waals surface area contributed by atoms with Gasteiger partial charge in [-0.2, -0.15) is 0 Å². The Kier molecular flexibility index (Phi) is 5.55. The zero-order valence-electron chi connectivity index (χ0n) is 14.7. The SMILES string of the molecule is Cc1cc(NC(=O)Nc2cccc(CN3CCN(C(=O)O)CC3)c2F)no1. The number of hydrogen-bond acceptors (Lipinski definition) is 5. The lowest BCUT2D eigenvalue weighted by Gasteiger charge is -2.33. The molecular formula is C17H20FN5O4. The number of halogens is 1. The molecule has 0 unspecified atom stereocenters. The molecule has 3 amide bonds. The van der Waals surface area contributed by atoms with Crippen molar-refractivity contribution < 1.29 is 23.6 Å².